The van der Waals surface area contributed by atoms with Crippen LogP contribution in [0.4, 0.5) is 4.79 Å². The monoisotopic (exact) mass is 753 g/mol. The minimum Gasteiger partial charge on any atom is -0.481 e. The second-order valence-corrected chi connectivity index (χ2v) is 14.5. The molecule has 0 saturated carbocycles. The van der Waals surface area contributed by atoms with Gasteiger partial charge in [-0.25, -0.2) is 4.79 Å². The molecule has 0 radical (unpaired) electrons. The number of nitrogens with one attached hydrogen (secondary N) is 5. The summed E-state index contributed by atoms with van der Waals surface area (Å²) in [5, 5.41) is 23.7. The molecule has 4 aromatic carbocycles. The Morgan fingerprint density at radius 3 is 2.07 bits per heavy atom. The van der Waals surface area contributed by atoms with Crippen LogP contribution in [0.25, 0.3) is 21.7 Å². The summed E-state index contributed by atoms with van der Waals surface area (Å²) in [5.41, 5.74) is 2.34. The lowest BCUT2D eigenvalue weighted by Gasteiger charge is -2.26. The van der Waals surface area contributed by atoms with Crippen molar-refractivity contribution < 1.29 is 33.8 Å². The van der Waals surface area contributed by atoms with E-state index in [0.29, 0.717) is 17.0 Å². The molecule has 3 atom stereocenters. The highest BCUT2D eigenvalue weighted by Crippen LogP contribution is 2.21. The number of halogens is 1. The van der Waals surface area contributed by atoms with Crippen molar-refractivity contribution in [3.63, 3.8) is 0 Å². The van der Waals surface area contributed by atoms with Crippen LogP contribution in [-0.2, 0) is 43.2 Å². The van der Waals surface area contributed by atoms with Crippen LogP contribution in [0.15, 0.2) is 97.2 Å². The number of benzene rings is 4. The number of rotatable bonds is 15. The summed E-state index contributed by atoms with van der Waals surface area (Å²) in [6.45, 7) is 5.28. The number of fused-ring (bicyclic) bond motifs is 2. The number of carbonyl (C=O) groups is 5. The molecule has 13 heteroatoms. The summed E-state index contributed by atoms with van der Waals surface area (Å²) >= 11 is 5.97. The maximum absolute atomic E-state index is 14.2. The first-order valence-electron chi connectivity index (χ1n) is 17.6. The summed E-state index contributed by atoms with van der Waals surface area (Å²) in [7, 11) is 0. The third-order valence-electron chi connectivity index (χ3n) is 8.63. The van der Waals surface area contributed by atoms with Gasteiger partial charge in [0, 0.05) is 41.5 Å². The molecule has 282 valence electrons. The van der Waals surface area contributed by atoms with Crippen molar-refractivity contribution in [1.29, 1.82) is 0 Å². The lowest BCUT2D eigenvalue weighted by atomic mass is 9.99. The largest absolute Gasteiger partial charge is 0.481 e. The molecule has 1 aromatic heterocycles. The Hall–Kier alpha value is -5.88. The molecule has 5 aromatic rings. The van der Waals surface area contributed by atoms with Gasteiger partial charge in [-0.15, -0.1) is 0 Å². The standard InChI is InChI=1S/C41H44ClN5O7/c1-41(2,3)54-40(53)47-34(22-29-24-44-32-11-7-6-10-31(29)32)39(52)45-33(21-26-12-15-27-8-4-5-9-28(27)20-26)38(51)46-35(23-36(48)49)37(50)43-19-18-25-13-16-30(42)17-14-25/h4-17,20,24,33-35,44H,18-19,21-23H2,1-3H3,(H,43,50)(H,45,52)(H,46,51)(H,47,53)(H,48,49)/t33-,34-,35-/m0/s1. The van der Waals surface area contributed by atoms with Gasteiger partial charge in [0.1, 0.15) is 23.7 Å². The second-order valence-electron chi connectivity index (χ2n) is 14.0. The van der Waals surface area contributed by atoms with Crippen molar-refractivity contribution in [2.75, 3.05) is 6.54 Å². The molecule has 1 heterocycles. The van der Waals surface area contributed by atoms with Gasteiger partial charge in [-0.1, -0.05) is 84.4 Å². The van der Waals surface area contributed by atoms with Crippen molar-refractivity contribution in [1.82, 2.24) is 26.3 Å². The number of alkyl carbamates (subject to hydrolysis) is 1. The number of carbonyl (C=O) groups excluding carboxylic acids is 4. The van der Waals surface area contributed by atoms with E-state index in [9.17, 15) is 29.1 Å². The van der Waals surface area contributed by atoms with Crippen LogP contribution < -0.4 is 21.3 Å². The van der Waals surface area contributed by atoms with E-state index in [1.807, 2.05) is 78.9 Å². The first-order chi connectivity index (χ1) is 25.7. The highest BCUT2D eigenvalue weighted by molar-refractivity contribution is 6.30. The molecule has 0 bridgehead atoms. The zero-order valence-electron chi connectivity index (χ0n) is 30.3. The molecule has 0 saturated heterocycles. The zero-order chi connectivity index (χ0) is 38.8. The van der Waals surface area contributed by atoms with Gasteiger partial charge in [0.15, 0.2) is 0 Å². The fourth-order valence-electron chi connectivity index (χ4n) is 6.02. The van der Waals surface area contributed by atoms with Gasteiger partial charge in [0.25, 0.3) is 0 Å². The van der Waals surface area contributed by atoms with E-state index in [4.69, 9.17) is 16.3 Å². The number of H-pyrrole nitrogens is 1. The normalized spacial score (nSPS) is 13.0. The fourth-order valence-corrected chi connectivity index (χ4v) is 6.15. The molecular weight excluding hydrogens is 710 g/mol. The maximum Gasteiger partial charge on any atom is 0.408 e. The number of hydrogen-bond donors (Lipinski definition) is 6. The van der Waals surface area contributed by atoms with Crippen LogP contribution in [0, 0.1) is 0 Å². The number of aromatic nitrogens is 1. The van der Waals surface area contributed by atoms with Crippen molar-refractivity contribution >= 4 is 63.1 Å². The van der Waals surface area contributed by atoms with Crippen LogP contribution in [-0.4, -0.2) is 70.1 Å². The van der Waals surface area contributed by atoms with Crippen LogP contribution >= 0.6 is 11.6 Å². The Labute approximate surface area is 318 Å². The fraction of sp³-hybridized carbons (Fsp3) is 0.293. The van der Waals surface area contributed by atoms with E-state index in [0.717, 1.165) is 32.8 Å². The molecule has 4 amide bonds. The Balaban J connectivity index is 1.39. The molecule has 6 N–H and O–H groups in total. The first kappa shape index (κ1) is 39.3. The maximum atomic E-state index is 14.2. The number of carboxylic acid groups (broad SMARTS) is 1. The summed E-state index contributed by atoms with van der Waals surface area (Å²) in [5.74, 6) is -3.46. The topological polar surface area (TPSA) is 179 Å². The Morgan fingerprint density at radius 2 is 1.37 bits per heavy atom. The molecular formula is C41H44ClN5O7. The Kier molecular flexibility index (Phi) is 12.9. The van der Waals surface area contributed by atoms with Gasteiger partial charge < -0.3 is 36.1 Å². The molecule has 54 heavy (non-hydrogen) atoms. The molecule has 0 unspecified atom stereocenters. The van der Waals surface area contributed by atoms with Crippen molar-refractivity contribution in [2.45, 2.75) is 70.2 Å². The van der Waals surface area contributed by atoms with Crippen LogP contribution in [0.5, 0.6) is 0 Å². The quantitative estimate of drug-likeness (QED) is 0.0822. The number of aromatic amines is 1. The third-order valence-corrected chi connectivity index (χ3v) is 8.88. The van der Waals surface area contributed by atoms with E-state index in [2.05, 4.69) is 26.3 Å². The van der Waals surface area contributed by atoms with Crippen LogP contribution in [0.1, 0.15) is 43.9 Å². The number of hydrogen-bond acceptors (Lipinski definition) is 6. The summed E-state index contributed by atoms with van der Waals surface area (Å²) in [6.07, 6.45) is 0.722. The predicted octanol–water partition coefficient (Wildman–Crippen LogP) is 5.46. The summed E-state index contributed by atoms with van der Waals surface area (Å²) in [4.78, 5) is 69.5. The molecule has 0 aliphatic heterocycles. The molecule has 0 aliphatic carbocycles. The third kappa shape index (κ3) is 11.3. The van der Waals surface area contributed by atoms with Crippen LogP contribution in [0.3, 0.4) is 0 Å². The highest BCUT2D eigenvalue weighted by Gasteiger charge is 2.32. The smallest absolute Gasteiger partial charge is 0.408 e. The molecule has 5 rings (SSSR count). The highest BCUT2D eigenvalue weighted by atomic mass is 35.5. The van der Waals surface area contributed by atoms with Gasteiger partial charge >= 0.3 is 12.1 Å². The van der Waals surface area contributed by atoms with E-state index >= 15 is 0 Å². The number of para-hydroxylation sites is 1. The van der Waals surface area contributed by atoms with Gasteiger partial charge in [-0.05, 0) is 72.9 Å². The van der Waals surface area contributed by atoms with Gasteiger partial charge in [-0.2, -0.15) is 0 Å². The van der Waals surface area contributed by atoms with Crippen molar-refractivity contribution in [3.8, 4) is 0 Å². The van der Waals surface area contributed by atoms with Gasteiger partial charge in [0.05, 0.1) is 6.42 Å². The lowest BCUT2D eigenvalue weighted by molar-refractivity contribution is -0.141. The zero-order valence-corrected chi connectivity index (χ0v) is 31.0. The molecule has 0 spiro atoms. The molecule has 0 aliphatic rings. The minimum atomic E-state index is -1.45. The van der Waals surface area contributed by atoms with E-state index in [-0.39, 0.29) is 19.4 Å². The average Bonchev–Trinajstić information content (AvgIpc) is 3.53. The van der Waals surface area contributed by atoms with Crippen molar-refractivity contribution in [3.05, 3.63) is 119 Å². The van der Waals surface area contributed by atoms with Crippen molar-refractivity contribution in [2.24, 2.45) is 0 Å². The second kappa shape index (κ2) is 17.8. The van der Waals surface area contributed by atoms with Gasteiger partial charge in [-0.3, -0.25) is 19.2 Å². The average molecular weight is 754 g/mol. The number of ether oxygens (including phenoxy) is 1. The van der Waals surface area contributed by atoms with E-state index < -0.39 is 59.9 Å². The number of carboxylic acids is 1. The lowest BCUT2D eigenvalue weighted by Crippen LogP contribution is -2.58. The Bertz CT molecular complexity index is 2130. The minimum absolute atomic E-state index is 0.00731. The predicted molar refractivity (Wildman–Crippen MR) is 207 cm³/mol. The summed E-state index contributed by atoms with van der Waals surface area (Å²) in [6, 6.07) is 24.0. The SMILES string of the molecule is CC(C)(C)OC(=O)N[C@@H](Cc1c[nH]c2ccccc12)C(=O)N[C@@H](Cc1ccc2ccccc2c1)C(=O)N[C@@H](CC(=O)O)C(=O)NCCc1ccc(Cl)cc1. The van der Waals surface area contributed by atoms with Gasteiger partial charge in [0.2, 0.25) is 17.7 Å². The first-order valence-corrected chi connectivity index (χ1v) is 18.0. The number of aliphatic carboxylic acids is 1. The molecule has 0 fully saturated rings. The Morgan fingerprint density at radius 1 is 0.741 bits per heavy atom. The summed E-state index contributed by atoms with van der Waals surface area (Å²) < 4.78 is 5.47. The molecule has 12 nitrogen and oxygen atoms in total. The van der Waals surface area contributed by atoms with Crippen LogP contribution in [0.2, 0.25) is 5.02 Å². The number of amides is 4. The van der Waals surface area contributed by atoms with E-state index in [1.165, 1.54) is 0 Å². The van der Waals surface area contributed by atoms with E-state index in [1.54, 1.807) is 39.1 Å².